The largest absolute Gasteiger partial charge is 0.330 e. The number of urea groups is 2. The van der Waals surface area contributed by atoms with Gasteiger partial charge in [0.05, 0.1) is 0 Å². The van der Waals surface area contributed by atoms with Crippen molar-refractivity contribution in [2.75, 3.05) is 47.3 Å². The van der Waals surface area contributed by atoms with E-state index in [0.29, 0.717) is 6.04 Å². The van der Waals surface area contributed by atoms with Crippen LogP contribution in [0.3, 0.4) is 0 Å². The van der Waals surface area contributed by atoms with Crippen molar-refractivity contribution in [3.8, 4) is 0 Å². The lowest BCUT2D eigenvalue weighted by Gasteiger charge is -2.41. The van der Waals surface area contributed by atoms with Gasteiger partial charge in [-0.1, -0.05) is 19.3 Å². The Balaban J connectivity index is 1.82. The van der Waals surface area contributed by atoms with Crippen molar-refractivity contribution in [3.05, 3.63) is 0 Å². The maximum absolute atomic E-state index is 12.3. The van der Waals surface area contributed by atoms with Crippen LogP contribution < -0.4 is 0 Å². The Morgan fingerprint density at radius 2 is 1.48 bits per heavy atom. The van der Waals surface area contributed by atoms with Crippen LogP contribution in [-0.4, -0.2) is 85.0 Å². The number of nitrogens with zero attached hydrogens (tertiary/aromatic N) is 4. The fraction of sp³-hybridized carbons (Fsp3) is 0.867. The van der Waals surface area contributed by atoms with E-state index in [-0.39, 0.29) is 12.1 Å². The number of amides is 4. The molecule has 0 radical (unpaired) electrons. The molecule has 0 atom stereocenters. The number of carbonyl (C=O) groups is 2. The van der Waals surface area contributed by atoms with Crippen LogP contribution >= 0.6 is 0 Å². The summed E-state index contributed by atoms with van der Waals surface area (Å²) in [5.41, 5.74) is 0. The predicted molar refractivity (Wildman–Crippen MR) is 82.3 cm³/mol. The zero-order chi connectivity index (χ0) is 15.4. The highest BCUT2D eigenvalue weighted by Gasteiger charge is 2.30. The maximum atomic E-state index is 12.3. The molecule has 1 heterocycles. The second-order valence-corrected chi connectivity index (χ2v) is 6.33. The molecule has 6 nitrogen and oxygen atoms in total. The third-order valence-corrected chi connectivity index (χ3v) is 4.63. The molecule has 4 amide bonds. The first-order valence-electron chi connectivity index (χ1n) is 7.98. The molecular weight excluding hydrogens is 268 g/mol. The molecule has 0 aromatic carbocycles. The first-order chi connectivity index (χ1) is 10.0. The van der Waals surface area contributed by atoms with Crippen LogP contribution in [0.15, 0.2) is 0 Å². The summed E-state index contributed by atoms with van der Waals surface area (Å²) in [5, 5.41) is 0. The van der Waals surface area contributed by atoms with Gasteiger partial charge in [0.2, 0.25) is 0 Å². The lowest BCUT2D eigenvalue weighted by Crippen LogP contribution is -2.56. The van der Waals surface area contributed by atoms with E-state index in [2.05, 4.69) is 4.90 Å². The van der Waals surface area contributed by atoms with Gasteiger partial charge in [-0.15, -0.1) is 0 Å². The topological polar surface area (TPSA) is 47.1 Å². The van der Waals surface area contributed by atoms with Crippen molar-refractivity contribution in [2.24, 2.45) is 0 Å². The minimum absolute atomic E-state index is 0.183. The van der Waals surface area contributed by atoms with E-state index in [1.807, 2.05) is 0 Å². The van der Waals surface area contributed by atoms with Crippen molar-refractivity contribution in [2.45, 2.75) is 38.1 Å². The zero-order valence-electron chi connectivity index (χ0n) is 13.5. The number of imide groups is 1. The Labute approximate surface area is 127 Å². The first kappa shape index (κ1) is 16.1. The number of carbonyl (C=O) groups excluding carboxylic acids is 2. The van der Waals surface area contributed by atoms with Gasteiger partial charge in [-0.3, -0.25) is 4.90 Å². The molecule has 0 aromatic rings. The number of rotatable bonds is 1. The highest BCUT2D eigenvalue weighted by Crippen LogP contribution is 2.23. The van der Waals surface area contributed by atoms with E-state index in [9.17, 15) is 9.59 Å². The third-order valence-electron chi connectivity index (χ3n) is 4.63. The van der Waals surface area contributed by atoms with Gasteiger partial charge in [0.25, 0.3) is 0 Å². The van der Waals surface area contributed by atoms with Gasteiger partial charge in [0.15, 0.2) is 0 Å². The highest BCUT2D eigenvalue weighted by molar-refractivity contribution is 5.93. The molecule has 1 aliphatic carbocycles. The van der Waals surface area contributed by atoms with Crippen molar-refractivity contribution in [1.82, 2.24) is 19.6 Å². The molecule has 6 heteroatoms. The van der Waals surface area contributed by atoms with Gasteiger partial charge in [-0.05, 0) is 12.8 Å². The van der Waals surface area contributed by atoms with Crippen molar-refractivity contribution in [1.29, 1.82) is 0 Å². The predicted octanol–water partition coefficient (Wildman–Crippen LogP) is 1.67. The normalized spacial score (nSPS) is 21.2. The molecular formula is C15H28N4O2. The molecule has 2 fully saturated rings. The maximum Gasteiger partial charge on any atom is 0.327 e. The summed E-state index contributed by atoms with van der Waals surface area (Å²) in [4.78, 5) is 31.1. The second kappa shape index (κ2) is 7.11. The van der Waals surface area contributed by atoms with Gasteiger partial charge in [-0.2, -0.15) is 0 Å². The van der Waals surface area contributed by atoms with E-state index in [4.69, 9.17) is 0 Å². The van der Waals surface area contributed by atoms with E-state index in [1.54, 1.807) is 26.0 Å². The van der Waals surface area contributed by atoms with E-state index >= 15 is 0 Å². The lowest BCUT2D eigenvalue weighted by molar-refractivity contribution is 0.0816. The van der Waals surface area contributed by atoms with Gasteiger partial charge in [0.1, 0.15) is 0 Å². The number of hydrogen-bond donors (Lipinski definition) is 0. The van der Waals surface area contributed by atoms with Gasteiger partial charge < -0.3 is 9.80 Å². The monoisotopic (exact) mass is 296 g/mol. The molecule has 0 unspecified atom stereocenters. The fourth-order valence-electron chi connectivity index (χ4n) is 3.32. The third kappa shape index (κ3) is 3.87. The Kier molecular flexibility index (Phi) is 5.45. The van der Waals surface area contributed by atoms with Crippen molar-refractivity contribution < 1.29 is 9.59 Å². The molecule has 0 N–H and O–H groups in total. The average molecular weight is 296 g/mol. The van der Waals surface area contributed by atoms with Crippen LogP contribution in [0, 0.1) is 0 Å². The van der Waals surface area contributed by atoms with Crippen LogP contribution in [-0.2, 0) is 0 Å². The lowest BCUT2D eigenvalue weighted by atomic mass is 9.94. The molecule has 0 aromatic heterocycles. The van der Waals surface area contributed by atoms with Gasteiger partial charge in [0, 0.05) is 53.4 Å². The first-order valence-corrected chi connectivity index (χ1v) is 7.98. The molecule has 2 rings (SSSR count). The Morgan fingerprint density at radius 3 is 2.00 bits per heavy atom. The van der Waals surface area contributed by atoms with E-state index in [1.165, 1.54) is 41.9 Å². The van der Waals surface area contributed by atoms with Crippen LogP contribution in [0.5, 0.6) is 0 Å². The van der Waals surface area contributed by atoms with Crippen molar-refractivity contribution in [3.63, 3.8) is 0 Å². The van der Waals surface area contributed by atoms with E-state index < -0.39 is 0 Å². The summed E-state index contributed by atoms with van der Waals surface area (Å²) >= 11 is 0. The fourth-order valence-corrected chi connectivity index (χ4v) is 3.32. The molecule has 0 spiro atoms. The highest BCUT2D eigenvalue weighted by atomic mass is 16.2. The number of piperazine rings is 1. The summed E-state index contributed by atoms with van der Waals surface area (Å²) in [5.74, 6) is 0. The van der Waals surface area contributed by atoms with Crippen LogP contribution in [0.2, 0.25) is 0 Å². The number of hydrogen-bond acceptors (Lipinski definition) is 3. The summed E-state index contributed by atoms with van der Waals surface area (Å²) < 4.78 is 0. The zero-order valence-corrected chi connectivity index (χ0v) is 13.5. The molecule has 1 saturated heterocycles. The Bertz CT molecular complexity index is 372. The van der Waals surface area contributed by atoms with Crippen molar-refractivity contribution >= 4 is 12.1 Å². The minimum atomic E-state index is -0.269. The standard InChI is InChI=1S/C15H28N4O2/c1-16(2)14(20)17(3)15(21)19-11-9-18(10-12-19)13-7-5-4-6-8-13/h13H,4-12H2,1-3H3. The van der Waals surface area contributed by atoms with Crippen LogP contribution in [0.4, 0.5) is 9.59 Å². The smallest absolute Gasteiger partial charge is 0.327 e. The second-order valence-electron chi connectivity index (χ2n) is 6.33. The summed E-state index contributed by atoms with van der Waals surface area (Å²) in [6.45, 7) is 3.31. The molecule has 2 aliphatic rings. The molecule has 21 heavy (non-hydrogen) atoms. The van der Waals surface area contributed by atoms with Gasteiger partial charge >= 0.3 is 12.1 Å². The summed E-state index contributed by atoms with van der Waals surface area (Å²) in [7, 11) is 4.87. The molecule has 120 valence electrons. The summed E-state index contributed by atoms with van der Waals surface area (Å²) in [6, 6.07) is 0.254. The molecule has 0 bridgehead atoms. The Morgan fingerprint density at radius 1 is 0.905 bits per heavy atom. The van der Waals surface area contributed by atoms with E-state index in [0.717, 1.165) is 26.2 Å². The SMILES string of the molecule is CN(C)C(=O)N(C)C(=O)N1CCN(C2CCCCC2)CC1. The molecule has 1 saturated carbocycles. The Hall–Kier alpha value is -1.30. The average Bonchev–Trinajstić information content (AvgIpc) is 2.53. The molecule has 1 aliphatic heterocycles. The van der Waals surface area contributed by atoms with Crippen LogP contribution in [0.1, 0.15) is 32.1 Å². The summed E-state index contributed by atoms with van der Waals surface area (Å²) in [6.07, 6.45) is 6.64. The minimum Gasteiger partial charge on any atom is -0.330 e. The quantitative estimate of drug-likeness (QED) is 0.739. The van der Waals surface area contributed by atoms with Gasteiger partial charge in [-0.25, -0.2) is 14.5 Å². The van der Waals surface area contributed by atoms with Crippen LogP contribution in [0.25, 0.3) is 0 Å².